The first-order valence-corrected chi connectivity index (χ1v) is 28.0. The van der Waals surface area contributed by atoms with Crippen LogP contribution < -0.4 is 0 Å². The summed E-state index contributed by atoms with van der Waals surface area (Å²) in [5.74, 6) is -0.896. The molecule has 481 valence electrons. The smallest absolute Gasteiger partial charge is 0.300 e. The standard InChI is InChI=1S/C21H20N.C15H16N.C12H10N.2C11H8N.C5H8O2.C2H4O2.5Ir/c1-21(2,3)19-12-13-22-20(15-19)18-11-7-10-17(14-18)16-8-5-4-6-9-16;1-15(2,3)13-9-7-12(8-10-13)14-6-4-5-11-16-14;1-10-5-7-11(8-6-10)12-4-2-3-9-13-12;2*1-2-6-10(7-3-1)11-8-4-5-9-12-11;1-4(6)3-5(2)7;1-2(3)4;;;;;/h4-10,12-15H,1-3H3;4-7,9-11H,1-3H3;2-7,9H,1H3;2*1-6,8-9H;3,6H,1-2H3;1H3,(H,3,4);;;;;/q5*-1;;;;;;;. The van der Waals surface area contributed by atoms with Crippen molar-refractivity contribution in [3.05, 3.63) is 308 Å². The minimum absolute atomic E-state index is 0. The molecule has 0 spiro atoms. The van der Waals surface area contributed by atoms with Crippen molar-refractivity contribution in [1.29, 1.82) is 0 Å². The Balaban J connectivity index is 0.00000107. The van der Waals surface area contributed by atoms with Crippen LogP contribution in [-0.2, 0) is 121 Å². The summed E-state index contributed by atoms with van der Waals surface area (Å²) in [6.45, 7) is 19.3. The number of aliphatic hydroxyl groups is 1. The van der Waals surface area contributed by atoms with E-state index in [0.717, 1.165) is 63.2 Å². The molecule has 0 saturated carbocycles. The second-order valence-corrected chi connectivity index (χ2v) is 21.4. The van der Waals surface area contributed by atoms with E-state index in [4.69, 9.17) is 15.0 Å². The van der Waals surface area contributed by atoms with Crippen molar-refractivity contribution in [3.63, 3.8) is 0 Å². The molecule has 0 atom stereocenters. The molecular weight excluding hydrogens is 2020 g/mol. The van der Waals surface area contributed by atoms with E-state index in [0.29, 0.717) is 0 Å². The first-order chi connectivity index (χ1) is 41.3. The normalized spacial score (nSPS) is 9.89. The molecule has 5 radical (unpaired) electrons. The Labute approximate surface area is 607 Å². The van der Waals surface area contributed by atoms with Gasteiger partial charge in [0.05, 0.1) is 5.76 Å². The number of allylic oxidation sites excluding steroid dienone is 2. The van der Waals surface area contributed by atoms with E-state index in [1.165, 1.54) is 47.7 Å². The number of aromatic nitrogens is 5. The third-order valence-corrected chi connectivity index (χ3v) is 12.1. The maximum absolute atomic E-state index is 10.0. The first kappa shape index (κ1) is 84.0. The van der Waals surface area contributed by atoms with Crippen LogP contribution in [0.5, 0.6) is 0 Å². The number of benzene rings is 6. The molecule has 0 fully saturated rings. The minimum Gasteiger partial charge on any atom is -0.512 e. The number of aliphatic carboxylic acids is 1. The molecule has 0 bridgehead atoms. The number of nitrogens with zero attached hydrogens (tertiary/aromatic N) is 5. The number of pyridine rings is 5. The van der Waals surface area contributed by atoms with E-state index < -0.39 is 5.97 Å². The molecule has 0 unspecified atom stereocenters. The van der Waals surface area contributed by atoms with Crippen LogP contribution in [0.2, 0.25) is 0 Å². The van der Waals surface area contributed by atoms with Crippen LogP contribution in [-0.4, -0.2) is 46.9 Å². The molecular formula is C77H74Ir5N5O4-5. The third kappa shape index (κ3) is 32.7. The van der Waals surface area contributed by atoms with Gasteiger partial charge >= 0.3 is 0 Å². The molecule has 5 aromatic heterocycles. The molecule has 6 aromatic carbocycles. The molecule has 0 saturated heterocycles. The molecule has 5 heterocycles. The van der Waals surface area contributed by atoms with Gasteiger partial charge in [0.25, 0.3) is 5.97 Å². The maximum atomic E-state index is 10.0. The van der Waals surface area contributed by atoms with E-state index in [-0.39, 0.29) is 123 Å². The molecule has 14 heteroatoms. The fourth-order valence-corrected chi connectivity index (χ4v) is 7.67. The second kappa shape index (κ2) is 45.3. The fourth-order valence-electron chi connectivity index (χ4n) is 7.67. The van der Waals surface area contributed by atoms with Gasteiger partial charge in [-0.25, -0.2) is 0 Å². The van der Waals surface area contributed by atoms with Crippen LogP contribution in [0, 0.1) is 37.3 Å². The van der Waals surface area contributed by atoms with Gasteiger partial charge in [0.2, 0.25) is 0 Å². The Bertz CT molecular complexity index is 3580. The topological polar surface area (TPSA) is 139 Å². The van der Waals surface area contributed by atoms with Gasteiger partial charge in [-0.15, -0.1) is 178 Å². The zero-order chi connectivity index (χ0) is 62.2. The number of hydrogen-bond acceptors (Lipinski definition) is 8. The number of ketones is 1. The van der Waals surface area contributed by atoms with Crippen molar-refractivity contribution in [1.82, 2.24) is 24.9 Å². The number of rotatable bonds is 7. The second-order valence-electron chi connectivity index (χ2n) is 21.4. The molecule has 0 amide bonds. The predicted octanol–water partition coefficient (Wildman–Crippen LogP) is 18.4. The van der Waals surface area contributed by atoms with Crippen molar-refractivity contribution < 1.29 is 120 Å². The summed E-state index contributed by atoms with van der Waals surface area (Å²) in [5.41, 5.74) is 16.6. The number of carbonyl (C=O) groups excluding carboxylic acids is 1. The number of hydrogen-bond donors (Lipinski definition) is 2. The predicted molar refractivity (Wildman–Crippen MR) is 350 cm³/mol. The first-order valence-electron chi connectivity index (χ1n) is 28.0. The summed E-state index contributed by atoms with van der Waals surface area (Å²) in [6.07, 6.45) is 10.2. The van der Waals surface area contributed by atoms with Crippen molar-refractivity contribution in [2.75, 3.05) is 0 Å². The minimum atomic E-state index is -0.833. The zero-order valence-corrected chi connectivity index (χ0v) is 64.3. The van der Waals surface area contributed by atoms with Gasteiger partial charge in [-0.2, -0.15) is 0 Å². The third-order valence-electron chi connectivity index (χ3n) is 12.1. The summed E-state index contributed by atoms with van der Waals surface area (Å²) in [7, 11) is 0. The van der Waals surface area contributed by atoms with Gasteiger partial charge in [0, 0.05) is 145 Å². The average molecular weight is 2090 g/mol. The van der Waals surface area contributed by atoms with Crippen LogP contribution in [0.3, 0.4) is 0 Å². The Morgan fingerprint density at radius 1 is 0.374 bits per heavy atom. The molecule has 0 aliphatic rings. The molecule has 11 aromatic rings. The van der Waals surface area contributed by atoms with Crippen molar-refractivity contribution in [2.45, 2.75) is 80.1 Å². The number of aliphatic hydroxyl groups excluding tert-OH is 1. The van der Waals surface area contributed by atoms with E-state index >= 15 is 0 Å². The summed E-state index contributed by atoms with van der Waals surface area (Å²) in [5, 5.41) is 15.8. The Morgan fingerprint density at radius 2 is 0.769 bits per heavy atom. The molecule has 0 aliphatic carbocycles. The maximum Gasteiger partial charge on any atom is 0.300 e. The Kier molecular flexibility index (Phi) is 41.8. The van der Waals surface area contributed by atoms with Crippen molar-refractivity contribution in [2.24, 2.45) is 0 Å². The van der Waals surface area contributed by atoms with Crippen LogP contribution in [0.1, 0.15) is 79.0 Å². The van der Waals surface area contributed by atoms with Crippen LogP contribution in [0.4, 0.5) is 0 Å². The number of carboxylic acid groups (broad SMARTS) is 1. The Morgan fingerprint density at radius 3 is 1.11 bits per heavy atom. The fraction of sp³-hybridized carbons (Fsp3) is 0.156. The van der Waals surface area contributed by atoms with Crippen molar-refractivity contribution in [3.8, 4) is 67.4 Å². The summed E-state index contributed by atoms with van der Waals surface area (Å²) in [4.78, 5) is 40.5. The largest absolute Gasteiger partial charge is 0.512 e. The molecule has 91 heavy (non-hydrogen) atoms. The van der Waals surface area contributed by atoms with Crippen LogP contribution >= 0.6 is 0 Å². The number of aryl methyl sites for hydroxylation is 1. The van der Waals surface area contributed by atoms with Gasteiger partial charge in [-0.05, 0) is 94.6 Å². The molecule has 9 nitrogen and oxygen atoms in total. The zero-order valence-electron chi connectivity index (χ0n) is 52.4. The average Bonchev–Trinajstić information content (AvgIpc) is 0.996. The van der Waals surface area contributed by atoms with Crippen LogP contribution in [0.25, 0.3) is 67.4 Å². The monoisotopic (exact) mass is 2100 g/mol. The number of carboxylic acids is 1. The van der Waals surface area contributed by atoms with Gasteiger partial charge in [0.1, 0.15) is 0 Å². The summed E-state index contributed by atoms with van der Waals surface area (Å²) in [6, 6.07) is 88.5. The molecule has 2 N–H and O–H groups in total. The van der Waals surface area contributed by atoms with Gasteiger partial charge in [0.15, 0.2) is 5.78 Å². The van der Waals surface area contributed by atoms with Gasteiger partial charge < -0.3 is 35.1 Å². The van der Waals surface area contributed by atoms with Gasteiger partial charge in [-0.1, -0.05) is 133 Å². The van der Waals surface area contributed by atoms with E-state index in [2.05, 4.69) is 177 Å². The number of carbonyl (C=O) groups is 2. The SMILES string of the molecule is CC(=O)C=C(C)O.CC(=O)O.CC(C)(C)c1c[c-]c(-c2ccccn2)cc1.CC(C)(C)c1ccnc(-c2[c-]ccc(-c3ccccc3)c2)c1.Cc1c[c-]c(-c2ccccn2)cc1.[Ir].[Ir].[Ir].[Ir].[Ir].[c-]1ccccc1-c1ccccn1.[c-]1ccccc1-c1ccccn1. The van der Waals surface area contributed by atoms with Crippen molar-refractivity contribution >= 4 is 11.8 Å². The quantitative estimate of drug-likeness (QED) is 0.0907. The van der Waals surface area contributed by atoms with E-state index in [1.54, 1.807) is 24.8 Å². The van der Waals surface area contributed by atoms with E-state index in [1.807, 2.05) is 152 Å². The molecule has 11 rings (SSSR count). The summed E-state index contributed by atoms with van der Waals surface area (Å²) >= 11 is 0. The Hall–Kier alpha value is -7.00. The van der Waals surface area contributed by atoms with Crippen LogP contribution in [0.15, 0.2) is 261 Å². The van der Waals surface area contributed by atoms with E-state index in [9.17, 15) is 4.79 Å². The van der Waals surface area contributed by atoms with Gasteiger partial charge in [-0.3, -0.25) is 9.59 Å². The summed E-state index contributed by atoms with van der Waals surface area (Å²) < 4.78 is 0. The molecule has 0 aliphatic heterocycles.